The lowest BCUT2D eigenvalue weighted by atomic mass is 10.0. The van der Waals surface area contributed by atoms with Gasteiger partial charge in [-0.15, -0.1) is 0 Å². The molecule has 2 amide bonds. The average molecular weight is 634 g/mol. The van der Waals surface area contributed by atoms with E-state index in [1.165, 1.54) is 12.1 Å². The van der Waals surface area contributed by atoms with Crippen molar-refractivity contribution in [2.75, 3.05) is 12.1 Å². The molecule has 3 aromatic carbocycles. The first-order valence-electron chi connectivity index (χ1n) is 14.6. The van der Waals surface area contributed by atoms with Crippen LogP contribution >= 0.6 is 0 Å². The van der Waals surface area contributed by atoms with Crippen LogP contribution in [0, 0.1) is 13.8 Å². The predicted molar refractivity (Wildman–Crippen MR) is 166 cm³/mol. The molecule has 0 bridgehead atoms. The van der Waals surface area contributed by atoms with Crippen LogP contribution in [0.2, 0.25) is 0 Å². The first-order chi connectivity index (χ1) is 21.4. The summed E-state index contributed by atoms with van der Waals surface area (Å²) in [4.78, 5) is 30.9. The fourth-order valence-electron chi connectivity index (χ4n) is 4.75. The number of hydrogen-bond acceptors (Lipinski definition) is 9. The van der Waals surface area contributed by atoms with Gasteiger partial charge in [-0.1, -0.05) is 45.4 Å². The number of sulfonamides is 1. The molecule has 0 radical (unpaired) electrons. The zero-order valence-electron chi connectivity index (χ0n) is 25.7. The van der Waals surface area contributed by atoms with Crippen molar-refractivity contribution >= 4 is 27.9 Å². The van der Waals surface area contributed by atoms with Crippen molar-refractivity contribution in [3.05, 3.63) is 94.4 Å². The van der Waals surface area contributed by atoms with Crippen molar-refractivity contribution in [3.8, 4) is 17.2 Å². The lowest BCUT2D eigenvalue weighted by Gasteiger charge is -2.22. The van der Waals surface area contributed by atoms with E-state index >= 15 is 0 Å². The fraction of sp³-hybridized carbons (Fsp3) is 0.303. The number of aromatic nitrogens is 1. The Hall–Kier alpha value is -4.84. The molecule has 5 rings (SSSR count). The second-order valence-electron chi connectivity index (χ2n) is 11.0. The summed E-state index contributed by atoms with van der Waals surface area (Å²) in [6, 6.07) is 16.1. The molecule has 4 aromatic rings. The van der Waals surface area contributed by atoms with Gasteiger partial charge in [0.2, 0.25) is 12.9 Å². The molecule has 12 heteroatoms. The van der Waals surface area contributed by atoms with Gasteiger partial charge < -0.3 is 18.6 Å². The molecule has 1 aromatic heterocycles. The number of carbonyl (C=O) groups excluding carboxylic acids is 2. The molecule has 2 heterocycles. The molecule has 1 atom stereocenters. The van der Waals surface area contributed by atoms with E-state index in [2.05, 4.69) is 15.0 Å². The third-order valence-corrected chi connectivity index (χ3v) is 8.73. The molecule has 11 nitrogen and oxygen atoms in total. The van der Waals surface area contributed by atoms with Gasteiger partial charge in [0.15, 0.2) is 11.5 Å². The Kier molecular flexibility index (Phi) is 9.14. The minimum Gasteiger partial charge on any atom is -0.475 e. The second kappa shape index (κ2) is 13.0. The lowest BCUT2D eigenvalue weighted by Crippen LogP contribution is -2.37. The Bertz CT molecular complexity index is 1810. The van der Waals surface area contributed by atoms with E-state index in [0.29, 0.717) is 58.2 Å². The summed E-state index contributed by atoms with van der Waals surface area (Å²) in [7, 11) is -4.23. The Morgan fingerprint density at radius 1 is 0.956 bits per heavy atom. The van der Waals surface area contributed by atoms with Gasteiger partial charge >= 0.3 is 6.01 Å². The van der Waals surface area contributed by atoms with Crippen LogP contribution in [0.3, 0.4) is 0 Å². The number of fused-ring (bicyclic) bond motifs is 1. The number of nitrogens with one attached hydrogen (secondary N) is 2. The highest BCUT2D eigenvalue weighted by Gasteiger charge is 2.30. The number of nitrogens with zero attached hydrogens (tertiary/aromatic N) is 1. The minimum absolute atomic E-state index is 0.0219. The van der Waals surface area contributed by atoms with Crippen molar-refractivity contribution in [3.63, 3.8) is 0 Å². The van der Waals surface area contributed by atoms with Gasteiger partial charge in [-0.3, -0.25) is 14.9 Å². The number of ether oxygens (including phenoxy) is 3. The molecule has 0 fully saturated rings. The topological polar surface area (TPSA) is 146 Å². The quantitative estimate of drug-likeness (QED) is 0.204. The molecule has 0 saturated carbocycles. The Morgan fingerprint density at radius 3 is 2.33 bits per heavy atom. The molecule has 0 aliphatic carbocycles. The number of amides is 2. The summed E-state index contributed by atoms with van der Waals surface area (Å²) in [5.74, 6) is 0.689. The number of oxazole rings is 1. The molecule has 45 heavy (non-hydrogen) atoms. The van der Waals surface area contributed by atoms with E-state index in [9.17, 15) is 18.0 Å². The highest BCUT2D eigenvalue weighted by Crippen LogP contribution is 2.36. The van der Waals surface area contributed by atoms with Crippen LogP contribution in [0.25, 0.3) is 0 Å². The summed E-state index contributed by atoms with van der Waals surface area (Å²) in [6.07, 6.45) is -0.164. The van der Waals surface area contributed by atoms with Crippen LogP contribution in [0.15, 0.2) is 70.0 Å². The zero-order valence-corrected chi connectivity index (χ0v) is 26.5. The minimum atomic E-state index is -4.23. The molecular formula is C33H35N3O8S. The maximum absolute atomic E-state index is 13.7. The van der Waals surface area contributed by atoms with Gasteiger partial charge in [-0.2, -0.15) is 4.98 Å². The molecule has 1 unspecified atom stereocenters. The van der Waals surface area contributed by atoms with Crippen molar-refractivity contribution in [2.45, 2.75) is 64.4 Å². The predicted octanol–water partition coefficient (Wildman–Crippen LogP) is 5.97. The first-order valence-corrected chi connectivity index (χ1v) is 16.0. The number of carbonyl (C=O) groups is 2. The zero-order chi connectivity index (χ0) is 32.3. The van der Waals surface area contributed by atoms with Crippen LogP contribution in [0.5, 0.6) is 17.2 Å². The molecule has 1 aliphatic rings. The van der Waals surface area contributed by atoms with Crippen LogP contribution in [0.1, 0.15) is 77.7 Å². The maximum atomic E-state index is 13.7. The second-order valence-corrected chi connectivity index (χ2v) is 12.7. The molecule has 0 saturated heterocycles. The number of anilines is 1. The Labute approximate surface area is 262 Å². The molecule has 2 N–H and O–H groups in total. The highest BCUT2D eigenvalue weighted by atomic mass is 32.2. The van der Waals surface area contributed by atoms with Gasteiger partial charge in [0.05, 0.1) is 10.6 Å². The first kappa shape index (κ1) is 31.6. The van der Waals surface area contributed by atoms with Crippen molar-refractivity contribution in [2.24, 2.45) is 0 Å². The van der Waals surface area contributed by atoms with E-state index in [4.69, 9.17) is 18.6 Å². The molecule has 1 aliphatic heterocycles. The number of hydrogen-bond donors (Lipinski definition) is 2. The Balaban J connectivity index is 1.45. The van der Waals surface area contributed by atoms with Crippen LogP contribution < -0.4 is 24.2 Å². The molecular weight excluding hydrogens is 598 g/mol. The lowest BCUT2D eigenvalue weighted by molar-refractivity contribution is -0.126. The number of benzene rings is 3. The van der Waals surface area contributed by atoms with Crippen LogP contribution in [0.4, 0.5) is 6.01 Å². The SMILES string of the molecule is CCCc1cc(C(=O)Nc2nc(C)c(C)o2)ccc1OC(C(=O)NS(=O)(=O)c1ccc(C(C)C)cc1)c1ccc2c(c1)OCO2. The number of rotatable bonds is 11. The van der Waals surface area contributed by atoms with Gasteiger partial charge in [-0.25, -0.2) is 13.1 Å². The highest BCUT2D eigenvalue weighted by molar-refractivity contribution is 7.90. The smallest absolute Gasteiger partial charge is 0.302 e. The van der Waals surface area contributed by atoms with E-state index in [0.717, 1.165) is 5.56 Å². The third kappa shape index (κ3) is 7.12. The van der Waals surface area contributed by atoms with Crippen molar-refractivity contribution < 1.29 is 36.6 Å². The van der Waals surface area contributed by atoms with E-state index < -0.39 is 27.9 Å². The number of aryl methyl sites for hydroxylation is 3. The average Bonchev–Trinajstić information content (AvgIpc) is 3.60. The van der Waals surface area contributed by atoms with Crippen molar-refractivity contribution in [1.29, 1.82) is 0 Å². The van der Waals surface area contributed by atoms with E-state index in [1.807, 2.05) is 20.8 Å². The fourth-order valence-corrected chi connectivity index (χ4v) is 5.73. The maximum Gasteiger partial charge on any atom is 0.302 e. The van der Waals surface area contributed by atoms with E-state index in [1.54, 1.807) is 62.4 Å². The van der Waals surface area contributed by atoms with Crippen LogP contribution in [-0.4, -0.2) is 32.0 Å². The molecule has 0 spiro atoms. The summed E-state index contributed by atoms with van der Waals surface area (Å²) >= 11 is 0. The molecule has 236 valence electrons. The largest absolute Gasteiger partial charge is 0.475 e. The standard InChI is InChI=1S/C33H35N3O8S/c1-6-7-23-16-25(31(37)35-33-34-20(4)21(5)43-33)11-14-27(23)44-30(24-10-15-28-29(17-24)42-18-41-28)32(38)36-45(39,40)26-12-8-22(9-13-26)19(2)3/h8-17,19,30H,6-7,18H2,1-5H3,(H,36,38)(H,34,35,37). The Morgan fingerprint density at radius 2 is 1.67 bits per heavy atom. The normalized spacial score (nSPS) is 13.0. The van der Waals surface area contributed by atoms with Gasteiger partial charge in [0.1, 0.15) is 11.5 Å². The summed E-state index contributed by atoms with van der Waals surface area (Å²) in [5.41, 5.74) is 2.96. The summed E-state index contributed by atoms with van der Waals surface area (Å²) in [5, 5.41) is 2.65. The van der Waals surface area contributed by atoms with Gasteiger partial charge in [0.25, 0.3) is 21.8 Å². The summed E-state index contributed by atoms with van der Waals surface area (Å²) in [6.45, 7) is 9.52. The van der Waals surface area contributed by atoms with Gasteiger partial charge in [-0.05, 0) is 79.8 Å². The van der Waals surface area contributed by atoms with Crippen LogP contribution in [-0.2, 0) is 21.2 Å². The van der Waals surface area contributed by atoms with Crippen molar-refractivity contribution in [1.82, 2.24) is 9.71 Å². The monoisotopic (exact) mass is 633 g/mol. The van der Waals surface area contributed by atoms with E-state index in [-0.39, 0.29) is 23.6 Å². The summed E-state index contributed by atoms with van der Waals surface area (Å²) < 4.78 is 51.4. The third-order valence-electron chi connectivity index (χ3n) is 7.37. The van der Waals surface area contributed by atoms with Gasteiger partial charge in [0, 0.05) is 11.1 Å².